The number of carbonyl (C=O) groups is 1. The molecule has 1 unspecified atom stereocenters. The van der Waals surface area contributed by atoms with Crippen molar-refractivity contribution in [3.63, 3.8) is 0 Å². The molecular weight excluding hydrogens is 247 g/mol. The highest BCUT2D eigenvalue weighted by Gasteiger charge is 2.13. The van der Waals surface area contributed by atoms with Gasteiger partial charge >= 0.3 is 0 Å². The van der Waals surface area contributed by atoms with Crippen LogP contribution in [0.15, 0.2) is 12.3 Å². The van der Waals surface area contributed by atoms with Crippen LogP contribution in [0.5, 0.6) is 0 Å². The predicted molar refractivity (Wildman–Crippen MR) is 64.6 cm³/mol. The fourth-order valence-electron chi connectivity index (χ4n) is 1.12. The SMILES string of the molecule is C#CCC(C)NC(=O)c1cc(Cl)ncc1Cl. The van der Waals surface area contributed by atoms with Crippen LogP contribution in [0, 0.1) is 12.3 Å². The van der Waals surface area contributed by atoms with E-state index in [9.17, 15) is 4.79 Å². The fourth-order valence-corrected chi connectivity index (χ4v) is 1.46. The van der Waals surface area contributed by atoms with Gasteiger partial charge in [0.25, 0.3) is 5.91 Å². The molecule has 0 aliphatic rings. The molecule has 0 bridgehead atoms. The van der Waals surface area contributed by atoms with E-state index in [1.54, 1.807) is 0 Å². The van der Waals surface area contributed by atoms with Gasteiger partial charge in [-0.2, -0.15) is 0 Å². The molecule has 1 amide bonds. The molecule has 0 aliphatic heterocycles. The molecule has 0 saturated heterocycles. The van der Waals surface area contributed by atoms with Crippen LogP contribution in [0.4, 0.5) is 0 Å². The summed E-state index contributed by atoms with van der Waals surface area (Å²) < 4.78 is 0. The molecule has 16 heavy (non-hydrogen) atoms. The Hall–Kier alpha value is -1.24. The number of hydrogen-bond donors (Lipinski definition) is 1. The quantitative estimate of drug-likeness (QED) is 0.667. The second-order valence-corrected chi connectivity index (χ2v) is 4.06. The van der Waals surface area contributed by atoms with Crippen LogP contribution < -0.4 is 5.32 Å². The van der Waals surface area contributed by atoms with Gasteiger partial charge in [-0.05, 0) is 13.0 Å². The van der Waals surface area contributed by atoms with Crippen molar-refractivity contribution in [1.82, 2.24) is 10.3 Å². The van der Waals surface area contributed by atoms with Crippen molar-refractivity contribution < 1.29 is 4.79 Å². The van der Waals surface area contributed by atoms with Gasteiger partial charge in [-0.15, -0.1) is 12.3 Å². The van der Waals surface area contributed by atoms with Gasteiger partial charge in [0, 0.05) is 18.7 Å². The summed E-state index contributed by atoms with van der Waals surface area (Å²) in [5, 5.41) is 3.19. The summed E-state index contributed by atoms with van der Waals surface area (Å²) in [6, 6.07) is 1.31. The third-order valence-electron chi connectivity index (χ3n) is 1.87. The second-order valence-electron chi connectivity index (χ2n) is 3.27. The smallest absolute Gasteiger partial charge is 0.253 e. The molecule has 1 rings (SSSR count). The number of amides is 1. The highest BCUT2D eigenvalue weighted by atomic mass is 35.5. The standard InChI is InChI=1S/C11H10Cl2N2O/c1-3-4-7(2)15-11(16)8-5-10(13)14-6-9(8)12/h1,5-7H,4H2,2H3,(H,15,16). The zero-order valence-electron chi connectivity index (χ0n) is 8.63. The molecule has 3 nitrogen and oxygen atoms in total. The number of rotatable bonds is 3. The zero-order chi connectivity index (χ0) is 12.1. The minimum Gasteiger partial charge on any atom is -0.349 e. The van der Waals surface area contributed by atoms with Crippen LogP contribution in [-0.4, -0.2) is 16.9 Å². The first-order valence-electron chi connectivity index (χ1n) is 4.60. The number of nitrogens with zero attached hydrogens (tertiary/aromatic N) is 1. The predicted octanol–water partition coefficient (Wildman–Crippen LogP) is 2.53. The van der Waals surface area contributed by atoms with Crippen molar-refractivity contribution in [1.29, 1.82) is 0 Å². The molecule has 0 fully saturated rings. The van der Waals surface area contributed by atoms with E-state index in [0.29, 0.717) is 12.0 Å². The summed E-state index contributed by atoms with van der Waals surface area (Å²) in [5.74, 6) is 2.16. The van der Waals surface area contributed by atoms with E-state index in [4.69, 9.17) is 29.6 Å². The molecule has 0 saturated carbocycles. The van der Waals surface area contributed by atoms with E-state index >= 15 is 0 Å². The molecule has 1 aromatic rings. The summed E-state index contributed by atoms with van der Waals surface area (Å²) >= 11 is 11.5. The minimum absolute atomic E-state index is 0.111. The molecule has 1 heterocycles. The van der Waals surface area contributed by atoms with E-state index in [1.165, 1.54) is 12.3 Å². The minimum atomic E-state index is -0.308. The molecule has 0 radical (unpaired) electrons. The Bertz CT molecular complexity index is 440. The molecule has 84 valence electrons. The molecule has 0 spiro atoms. The number of hydrogen-bond acceptors (Lipinski definition) is 2. The highest BCUT2D eigenvalue weighted by molar-refractivity contribution is 6.35. The Morgan fingerprint density at radius 3 is 3.00 bits per heavy atom. The van der Waals surface area contributed by atoms with Crippen molar-refractivity contribution >= 4 is 29.1 Å². The zero-order valence-corrected chi connectivity index (χ0v) is 10.1. The van der Waals surface area contributed by atoms with Crippen LogP contribution in [0.2, 0.25) is 10.2 Å². The summed E-state index contributed by atoms with van der Waals surface area (Å²) in [6.07, 6.45) is 6.94. The second kappa shape index (κ2) is 5.74. The van der Waals surface area contributed by atoms with Crippen LogP contribution in [-0.2, 0) is 0 Å². The Balaban J connectivity index is 2.81. The van der Waals surface area contributed by atoms with Crippen LogP contribution >= 0.6 is 23.2 Å². The topological polar surface area (TPSA) is 42.0 Å². The first-order chi connectivity index (χ1) is 7.54. The Morgan fingerprint density at radius 2 is 2.38 bits per heavy atom. The maximum atomic E-state index is 11.8. The monoisotopic (exact) mass is 256 g/mol. The number of pyridine rings is 1. The van der Waals surface area contributed by atoms with Crippen molar-refractivity contribution in [2.24, 2.45) is 0 Å². The van der Waals surface area contributed by atoms with Gasteiger partial charge in [-0.1, -0.05) is 23.2 Å². The van der Waals surface area contributed by atoms with Crippen LogP contribution in [0.1, 0.15) is 23.7 Å². The van der Waals surface area contributed by atoms with Crippen LogP contribution in [0.25, 0.3) is 0 Å². The maximum Gasteiger partial charge on any atom is 0.253 e. The van der Waals surface area contributed by atoms with Crippen molar-refractivity contribution in [2.45, 2.75) is 19.4 Å². The lowest BCUT2D eigenvalue weighted by molar-refractivity contribution is 0.0941. The number of carbonyl (C=O) groups excluding carboxylic acids is 1. The third-order valence-corrected chi connectivity index (χ3v) is 2.38. The van der Waals surface area contributed by atoms with E-state index in [-0.39, 0.29) is 22.1 Å². The Morgan fingerprint density at radius 1 is 1.69 bits per heavy atom. The molecule has 0 aliphatic carbocycles. The van der Waals surface area contributed by atoms with Crippen molar-refractivity contribution in [3.8, 4) is 12.3 Å². The molecular formula is C11H10Cl2N2O. The average Bonchev–Trinajstić information content (AvgIpc) is 2.21. The summed E-state index contributed by atoms with van der Waals surface area (Å²) in [4.78, 5) is 15.5. The van der Waals surface area contributed by atoms with Crippen molar-refractivity contribution in [2.75, 3.05) is 0 Å². The van der Waals surface area contributed by atoms with Crippen LogP contribution in [0.3, 0.4) is 0 Å². The first kappa shape index (κ1) is 12.8. The van der Waals surface area contributed by atoms with Gasteiger partial charge in [0.1, 0.15) is 5.15 Å². The van der Waals surface area contributed by atoms with Gasteiger partial charge in [0.2, 0.25) is 0 Å². The first-order valence-corrected chi connectivity index (χ1v) is 5.35. The number of nitrogens with one attached hydrogen (secondary N) is 1. The lowest BCUT2D eigenvalue weighted by atomic mass is 10.2. The fraction of sp³-hybridized carbons (Fsp3) is 0.273. The average molecular weight is 257 g/mol. The van der Waals surface area contributed by atoms with Gasteiger partial charge < -0.3 is 5.32 Å². The van der Waals surface area contributed by atoms with Gasteiger partial charge in [-0.25, -0.2) is 4.98 Å². The van der Waals surface area contributed by atoms with Gasteiger partial charge in [-0.3, -0.25) is 4.79 Å². The largest absolute Gasteiger partial charge is 0.349 e. The molecule has 0 aromatic carbocycles. The molecule has 1 atom stereocenters. The number of aromatic nitrogens is 1. The molecule has 5 heteroatoms. The number of terminal acetylenes is 1. The Kier molecular flexibility index (Phi) is 4.60. The third kappa shape index (κ3) is 3.41. The summed E-state index contributed by atoms with van der Waals surface area (Å²) in [7, 11) is 0. The van der Waals surface area contributed by atoms with Gasteiger partial charge in [0.05, 0.1) is 10.6 Å². The van der Waals surface area contributed by atoms with E-state index in [2.05, 4.69) is 16.2 Å². The highest BCUT2D eigenvalue weighted by Crippen LogP contribution is 2.18. The van der Waals surface area contributed by atoms with Crippen molar-refractivity contribution in [3.05, 3.63) is 28.0 Å². The Labute approximate surface area is 104 Å². The van der Waals surface area contributed by atoms with E-state index in [1.807, 2.05) is 6.92 Å². The van der Waals surface area contributed by atoms with E-state index in [0.717, 1.165) is 0 Å². The molecule has 1 N–H and O–H groups in total. The summed E-state index contributed by atoms with van der Waals surface area (Å²) in [6.45, 7) is 1.81. The lowest BCUT2D eigenvalue weighted by Gasteiger charge is -2.11. The normalized spacial score (nSPS) is 11.6. The maximum absolute atomic E-state index is 11.8. The van der Waals surface area contributed by atoms with Gasteiger partial charge in [0.15, 0.2) is 0 Å². The number of halogens is 2. The summed E-state index contributed by atoms with van der Waals surface area (Å²) in [5.41, 5.74) is 0.297. The molecule has 1 aromatic heterocycles. The van der Waals surface area contributed by atoms with E-state index < -0.39 is 0 Å². The lowest BCUT2D eigenvalue weighted by Crippen LogP contribution is -2.32.